The van der Waals surface area contributed by atoms with Crippen molar-refractivity contribution >= 4 is 23.6 Å². The Morgan fingerprint density at radius 2 is 2.05 bits per heavy atom. The van der Waals surface area contributed by atoms with Gasteiger partial charge in [0.25, 0.3) is 0 Å². The summed E-state index contributed by atoms with van der Waals surface area (Å²) < 4.78 is 13.5. The lowest BCUT2D eigenvalue weighted by Gasteiger charge is -2.02. The van der Waals surface area contributed by atoms with Crippen LogP contribution >= 0.6 is 11.6 Å². The quantitative estimate of drug-likeness (QED) is 0.552. The SMILES string of the molecule is CCCCCCCNC(=O)C=Cc1c(F)cccc1Cl. The standard InChI is InChI=1S/C16H21ClFNO/c1-2-3-4-5-6-12-19-16(20)11-10-13-14(17)8-7-9-15(13)18/h7-11H,2-6,12H2,1H3,(H,19,20). The van der Waals surface area contributed by atoms with Crippen LogP contribution in [0.3, 0.4) is 0 Å². The molecule has 110 valence electrons. The second-order valence-electron chi connectivity index (χ2n) is 4.67. The van der Waals surface area contributed by atoms with Crippen LogP contribution in [0.1, 0.15) is 44.6 Å². The molecule has 1 rings (SSSR count). The average molecular weight is 298 g/mol. The second-order valence-corrected chi connectivity index (χ2v) is 5.08. The van der Waals surface area contributed by atoms with Gasteiger partial charge in [0, 0.05) is 18.2 Å². The van der Waals surface area contributed by atoms with Crippen LogP contribution in [-0.2, 0) is 4.79 Å². The molecular weight excluding hydrogens is 277 g/mol. The molecule has 0 aliphatic carbocycles. The van der Waals surface area contributed by atoms with E-state index >= 15 is 0 Å². The zero-order valence-corrected chi connectivity index (χ0v) is 12.5. The predicted molar refractivity (Wildman–Crippen MR) is 82.2 cm³/mol. The van der Waals surface area contributed by atoms with Crippen LogP contribution in [-0.4, -0.2) is 12.5 Å². The van der Waals surface area contributed by atoms with Gasteiger partial charge in [-0.15, -0.1) is 0 Å². The first kappa shape index (κ1) is 16.7. The summed E-state index contributed by atoms with van der Waals surface area (Å²) in [5.74, 6) is -0.652. The van der Waals surface area contributed by atoms with Gasteiger partial charge in [-0.25, -0.2) is 4.39 Å². The number of rotatable bonds is 8. The third-order valence-electron chi connectivity index (χ3n) is 2.98. The van der Waals surface area contributed by atoms with E-state index in [1.807, 2.05) is 0 Å². The van der Waals surface area contributed by atoms with Gasteiger partial charge in [0.2, 0.25) is 5.91 Å². The molecular formula is C16H21ClFNO. The molecule has 0 aliphatic rings. The van der Waals surface area contributed by atoms with E-state index in [9.17, 15) is 9.18 Å². The molecule has 1 aromatic rings. The summed E-state index contributed by atoms with van der Waals surface area (Å²) in [6.45, 7) is 2.82. The maximum absolute atomic E-state index is 13.5. The molecule has 20 heavy (non-hydrogen) atoms. The van der Waals surface area contributed by atoms with Gasteiger partial charge in [0.05, 0.1) is 5.02 Å². The van der Waals surface area contributed by atoms with Crippen molar-refractivity contribution in [1.82, 2.24) is 5.32 Å². The molecule has 0 heterocycles. The van der Waals surface area contributed by atoms with E-state index in [4.69, 9.17) is 11.6 Å². The number of hydrogen-bond donors (Lipinski definition) is 1. The molecule has 1 N–H and O–H groups in total. The summed E-state index contributed by atoms with van der Waals surface area (Å²) >= 11 is 5.87. The Balaban J connectivity index is 2.33. The minimum Gasteiger partial charge on any atom is -0.353 e. The highest BCUT2D eigenvalue weighted by Crippen LogP contribution is 2.20. The van der Waals surface area contributed by atoms with Crippen LogP contribution in [0.5, 0.6) is 0 Å². The van der Waals surface area contributed by atoms with E-state index in [-0.39, 0.29) is 11.5 Å². The third-order valence-corrected chi connectivity index (χ3v) is 3.31. The molecule has 0 spiro atoms. The Labute approximate surface area is 125 Å². The minimum absolute atomic E-state index is 0.222. The predicted octanol–water partition coefficient (Wildman–Crippen LogP) is 4.58. The third kappa shape index (κ3) is 6.20. The molecule has 2 nitrogen and oxygen atoms in total. The summed E-state index contributed by atoms with van der Waals surface area (Å²) in [6.07, 6.45) is 8.46. The molecule has 0 saturated heterocycles. The summed E-state index contributed by atoms with van der Waals surface area (Å²) in [5, 5.41) is 3.08. The highest BCUT2D eigenvalue weighted by atomic mass is 35.5. The van der Waals surface area contributed by atoms with Crippen LogP contribution in [0.2, 0.25) is 5.02 Å². The minimum atomic E-state index is -0.430. The van der Waals surface area contributed by atoms with Crippen LogP contribution in [0.4, 0.5) is 4.39 Å². The van der Waals surface area contributed by atoms with Crippen LogP contribution in [0.15, 0.2) is 24.3 Å². The lowest BCUT2D eigenvalue weighted by molar-refractivity contribution is -0.116. The van der Waals surface area contributed by atoms with Crippen molar-refractivity contribution in [2.75, 3.05) is 6.54 Å². The molecule has 0 bridgehead atoms. The fourth-order valence-corrected chi connectivity index (χ4v) is 2.05. The van der Waals surface area contributed by atoms with E-state index in [1.165, 1.54) is 43.5 Å². The van der Waals surface area contributed by atoms with Gasteiger partial charge in [0.15, 0.2) is 0 Å². The maximum Gasteiger partial charge on any atom is 0.244 e. The summed E-state index contributed by atoms with van der Waals surface area (Å²) in [7, 11) is 0. The zero-order valence-electron chi connectivity index (χ0n) is 11.8. The molecule has 1 aromatic carbocycles. The monoisotopic (exact) mass is 297 g/mol. The number of unbranched alkanes of at least 4 members (excludes halogenated alkanes) is 4. The van der Waals surface area contributed by atoms with Gasteiger partial charge in [-0.3, -0.25) is 4.79 Å². The largest absolute Gasteiger partial charge is 0.353 e. The summed E-state index contributed by atoms with van der Waals surface area (Å²) in [4.78, 5) is 11.6. The van der Waals surface area contributed by atoms with Crippen molar-refractivity contribution < 1.29 is 9.18 Å². The Morgan fingerprint density at radius 3 is 2.75 bits per heavy atom. The van der Waals surface area contributed by atoms with E-state index < -0.39 is 5.82 Å². The molecule has 0 atom stereocenters. The van der Waals surface area contributed by atoms with Crippen molar-refractivity contribution in [3.63, 3.8) is 0 Å². The fraction of sp³-hybridized carbons (Fsp3) is 0.438. The number of hydrogen-bond acceptors (Lipinski definition) is 1. The molecule has 0 aliphatic heterocycles. The highest BCUT2D eigenvalue weighted by molar-refractivity contribution is 6.32. The number of halogens is 2. The van der Waals surface area contributed by atoms with Gasteiger partial charge in [-0.1, -0.05) is 50.3 Å². The van der Waals surface area contributed by atoms with Crippen molar-refractivity contribution in [1.29, 1.82) is 0 Å². The fourth-order valence-electron chi connectivity index (χ4n) is 1.83. The molecule has 1 amide bonds. The average Bonchev–Trinajstić information content (AvgIpc) is 2.42. The molecule has 4 heteroatoms. The van der Waals surface area contributed by atoms with E-state index in [1.54, 1.807) is 6.07 Å². The zero-order chi connectivity index (χ0) is 14.8. The lowest BCUT2D eigenvalue weighted by atomic mass is 10.1. The van der Waals surface area contributed by atoms with Gasteiger partial charge < -0.3 is 5.32 Å². The molecule has 0 fully saturated rings. The molecule has 0 unspecified atom stereocenters. The Bertz CT molecular complexity index is 440. The summed E-state index contributed by atoms with van der Waals surface area (Å²) in [6, 6.07) is 4.44. The number of amides is 1. The number of nitrogens with one attached hydrogen (secondary N) is 1. The normalized spacial score (nSPS) is 10.9. The van der Waals surface area contributed by atoms with E-state index in [2.05, 4.69) is 12.2 Å². The van der Waals surface area contributed by atoms with Gasteiger partial charge in [-0.2, -0.15) is 0 Å². The van der Waals surface area contributed by atoms with Crippen LogP contribution < -0.4 is 5.32 Å². The van der Waals surface area contributed by atoms with Crippen molar-refractivity contribution in [3.8, 4) is 0 Å². The molecule has 0 saturated carbocycles. The van der Waals surface area contributed by atoms with Gasteiger partial charge >= 0.3 is 0 Å². The Hall–Kier alpha value is -1.35. The highest BCUT2D eigenvalue weighted by Gasteiger charge is 2.03. The van der Waals surface area contributed by atoms with Crippen molar-refractivity contribution in [2.24, 2.45) is 0 Å². The van der Waals surface area contributed by atoms with Gasteiger partial charge in [0.1, 0.15) is 5.82 Å². The maximum atomic E-state index is 13.5. The first-order chi connectivity index (χ1) is 9.65. The first-order valence-electron chi connectivity index (χ1n) is 7.05. The Morgan fingerprint density at radius 1 is 1.30 bits per heavy atom. The number of benzene rings is 1. The lowest BCUT2D eigenvalue weighted by Crippen LogP contribution is -2.21. The first-order valence-corrected chi connectivity index (χ1v) is 7.43. The van der Waals surface area contributed by atoms with Crippen LogP contribution in [0, 0.1) is 5.82 Å². The van der Waals surface area contributed by atoms with E-state index in [0.29, 0.717) is 11.6 Å². The Kier molecular flexibility index (Phi) is 7.97. The van der Waals surface area contributed by atoms with E-state index in [0.717, 1.165) is 12.8 Å². The topological polar surface area (TPSA) is 29.1 Å². The molecule has 0 radical (unpaired) electrons. The van der Waals surface area contributed by atoms with Crippen LogP contribution in [0.25, 0.3) is 6.08 Å². The van der Waals surface area contributed by atoms with Gasteiger partial charge in [-0.05, 0) is 24.6 Å². The second kappa shape index (κ2) is 9.54. The number of carbonyl (C=O) groups excluding carboxylic acids is 1. The van der Waals surface area contributed by atoms with Crippen molar-refractivity contribution in [2.45, 2.75) is 39.0 Å². The summed E-state index contributed by atoms with van der Waals surface area (Å²) in [5.41, 5.74) is 0.243. The van der Waals surface area contributed by atoms with Crippen molar-refractivity contribution in [3.05, 3.63) is 40.7 Å². The number of carbonyl (C=O) groups is 1. The molecule has 0 aromatic heterocycles. The smallest absolute Gasteiger partial charge is 0.244 e.